The summed E-state index contributed by atoms with van der Waals surface area (Å²) in [4.78, 5) is 12.2. The van der Waals surface area contributed by atoms with Crippen LogP contribution >= 0.6 is 17.2 Å². The van der Waals surface area contributed by atoms with E-state index in [1.807, 2.05) is 103 Å². The van der Waals surface area contributed by atoms with Crippen molar-refractivity contribution in [3.63, 3.8) is 0 Å². The molecule has 0 aliphatic heterocycles. The molecule has 0 atom stereocenters. The topological polar surface area (TPSA) is 75.6 Å². The number of nitrogens with zero attached hydrogens (tertiary/aromatic N) is 3. The Morgan fingerprint density at radius 1 is 0.422 bits per heavy atom. The van der Waals surface area contributed by atoms with E-state index >= 15 is 0 Å². The molecule has 5 aromatic carbocycles. The minimum atomic E-state index is -3.54. The molecule has 7 nitrogen and oxygen atoms in total. The molecule has 0 aliphatic rings. The van der Waals surface area contributed by atoms with Crippen LogP contribution in [-0.2, 0) is 12.6 Å². The molecule has 0 saturated heterocycles. The molecule has 0 spiro atoms. The van der Waals surface area contributed by atoms with Crippen LogP contribution in [0.5, 0.6) is 23.0 Å². The van der Waals surface area contributed by atoms with E-state index in [-0.39, 0.29) is 0 Å². The molecule has 64 heavy (non-hydrogen) atoms. The van der Waals surface area contributed by atoms with Crippen LogP contribution in [0.25, 0.3) is 24.3 Å². The molecule has 0 amide bonds. The van der Waals surface area contributed by atoms with E-state index in [4.69, 9.17) is 30.2 Å². The molecule has 0 fully saturated rings. The van der Waals surface area contributed by atoms with Crippen molar-refractivity contribution in [1.82, 2.24) is 15.0 Å². The van der Waals surface area contributed by atoms with Gasteiger partial charge in [-0.15, -0.1) is 0 Å². The molecule has 0 unspecified atom stereocenters. The summed E-state index contributed by atoms with van der Waals surface area (Å²) >= 11 is 8.33. The second kappa shape index (κ2) is 21.4. The van der Waals surface area contributed by atoms with E-state index in [2.05, 4.69) is 99.9 Å². The molecule has 0 saturated carbocycles. The fourth-order valence-electron chi connectivity index (χ4n) is 7.79. The van der Waals surface area contributed by atoms with Gasteiger partial charge in [-0.1, -0.05) is 24.3 Å². The summed E-state index contributed by atoms with van der Waals surface area (Å²) in [5.74, 6) is -0.358. The zero-order valence-electron chi connectivity index (χ0n) is 36.4. The molecule has 0 N–H and O–H groups in total. The molecular weight excluding hydrogens is 833 g/mol. The van der Waals surface area contributed by atoms with Crippen LogP contribution in [0.2, 0.25) is 0 Å². The SMILES string of the molecule is COc1cc(/C=C/c2ccncc2)c(OC)cc1/C=C/c1ccncc1.COc1cc(CP(Cl)(c2ccccc2)(c2ccccc2)c2ccccc2)c(OC)cc1Cc1ccncc1. The van der Waals surface area contributed by atoms with Crippen molar-refractivity contribution in [2.24, 2.45) is 0 Å². The number of benzene rings is 5. The third-order valence-corrected chi connectivity index (χ3v) is 18.3. The first-order valence-electron chi connectivity index (χ1n) is 20.8. The van der Waals surface area contributed by atoms with Crippen LogP contribution in [0.3, 0.4) is 0 Å². The van der Waals surface area contributed by atoms with Gasteiger partial charge in [0.2, 0.25) is 0 Å². The molecule has 8 aromatic rings. The van der Waals surface area contributed by atoms with E-state index < -0.39 is 5.96 Å². The predicted octanol–water partition coefficient (Wildman–Crippen LogP) is 11.7. The van der Waals surface area contributed by atoms with Crippen molar-refractivity contribution in [3.8, 4) is 23.0 Å². The summed E-state index contributed by atoms with van der Waals surface area (Å²) in [5.41, 5.74) is 7.25. The molecule has 0 bridgehead atoms. The van der Waals surface area contributed by atoms with E-state index in [1.54, 1.807) is 53.2 Å². The molecule has 322 valence electrons. The van der Waals surface area contributed by atoms with Crippen molar-refractivity contribution < 1.29 is 18.9 Å². The molecule has 0 aliphatic carbocycles. The average Bonchev–Trinajstić information content (AvgIpc) is 3.37. The quantitative estimate of drug-likeness (QED) is 0.0949. The Kier molecular flexibility index (Phi) is 15.0. The number of rotatable bonds is 15. The molecule has 3 heterocycles. The maximum absolute atomic E-state index is 8.33. The van der Waals surface area contributed by atoms with Gasteiger partial charge in [0.1, 0.15) is 11.5 Å². The summed E-state index contributed by atoms with van der Waals surface area (Å²) in [5, 5.41) is 3.33. The van der Waals surface area contributed by atoms with Gasteiger partial charge in [-0.25, -0.2) is 0 Å². The average molecular weight is 884 g/mol. The van der Waals surface area contributed by atoms with Crippen molar-refractivity contribution >= 4 is 57.4 Å². The zero-order chi connectivity index (χ0) is 44.6. The molecule has 9 heteroatoms. The number of hydrogen-bond donors (Lipinski definition) is 0. The third-order valence-electron chi connectivity index (χ3n) is 11.1. The maximum atomic E-state index is 8.33. The van der Waals surface area contributed by atoms with E-state index in [1.165, 1.54) is 0 Å². The van der Waals surface area contributed by atoms with Crippen molar-refractivity contribution in [1.29, 1.82) is 0 Å². The number of hydrogen-bond acceptors (Lipinski definition) is 7. The Hall–Kier alpha value is -7.05. The minimum absolute atomic E-state index is 0.570. The van der Waals surface area contributed by atoms with Gasteiger partial charge in [-0.2, -0.15) is 0 Å². The first-order valence-corrected chi connectivity index (χ1v) is 24.1. The first kappa shape index (κ1) is 45.0. The van der Waals surface area contributed by atoms with Gasteiger partial charge in [0, 0.05) is 35.9 Å². The van der Waals surface area contributed by atoms with Gasteiger partial charge in [0.25, 0.3) is 0 Å². The Balaban J connectivity index is 0.000000206. The van der Waals surface area contributed by atoms with Gasteiger partial charge in [0.15, 0.2) is 0 Å². The van der Waals surface area contributed by atoms with Crippen LogP contribution in [-0.4, -0.2) is 43.4 Å². The fraction of sp³-hybridized carbons (Fsp3) is 0.109. The van der Waals surface area contributed by atoms with E-state index in [9.17, 15) is 0 Å². The van der Waals surface area contributed by atoms with Crippen molar-refractivity contribution in [2.75, 3.05) is 28.4 Å². The Labute approximate surface area is 381 Å². The number of pyridine rings is 3. The number of halogens is 1. The van der Waals surface area contributed by atoms with E-state index in [0.29, 0.717) is 12.6 Å². The zero-order valence-corrected chi connectivity index (χ0v) is 38.1. The number of aromatic nitrogens is 3. The van der Waals surface area contributed by atoms with Gasteiger partial charge in [-0.3, -0.25) is 9.97 Å². The normalized spacial score (nSPS) is 11.9. The second-order valence-electron chi connectivity index (χ2n) is 14.9. The Bertz CT molecular complexity index is 2600. The van der Waals surface area contributed by atoms with Crippen LogP contribution in [0, 0.1) is 0 Å². The van der Waals surface area contributed by atoms with Crippen LogP contribution in [0.15, 0.2) is 189 Å². The van der Waals surface area contributed by atoms with Crippen molar-refractivity contribution in [3.05, 3.63) is 228 Å². The van der Waals surface area contributed by atoms with Gasteiger partial charge in [0.05, 0.1) is 14.2 Å². The summed E-state index contributed by atoms with van der Waals surface area (Å²) in [6, 6.07) is 51.5. The second-order valence-corrected chi connectivity index (χ2v) is 21.4. The Morgan fingerprint density at radius 3 is 1.17 bits per heavy atom. The van der Waals surface area contributed by atoms with Crippen molar-refractivity contribution in [2.45, 2.75) is 12.6 Å². The first-order chi connectivity index (χ1) is 31.4. The summed E-state index contributed by atoms with van der Waals surface area (Å²) in [7, 11) is 6.77. The monoisotopic (exact) mass is 883 g/mol. The number of ether oxygens (including phenoxy) is 4. The number of methoxy groups -OCH3 is 4. The third kappa shape index (κ3) is 10.2. The Morgan fingerprint density at radius 2 is 0.781 bits per heavy atom. The van der Waals surface area contributed by atoms with E-state index in [0.717, 1.165) is 77.9 Å². The fourth-order valence-corrected chi connectivity index (χ4v) is 13.9. The van der Waals surface area contributed by atoms with Gasteiger partial charge in [-0.05, 0) is 47.5 Å². The predicted molar refractivity (Wildman–Crippen MR) is 267 cm³/mol. The standard InChI is InChI=1S/C33H31ClNO2P.C22H20N2O2/c1-36-32-24-28(33(37-2)23-27(32)22-26-18-20-35-21-19-26)25-38(34,29-12-6-3-7-13-29,30-14-8-4-9-15-30)31-16-10-5-11-17-31;1-25-21-15-20(6-4-18-9-13-24-14-10-18)22(26-2)16-19(21)5-3-17-7-11-23-12-8-17/h3-21,23-24H,22,25H2,1-2H3;3-16H,1-2H3/b;5-3+,6-4+. The molecule has 0 radical (unpaired) electrons. The van der Waals surface area contributed by atoms with Crippen LogP contribution in [0.1, 0.15) is 38.9 Å². The molecular formula is C55H51ClN3O4P. The van der Waals surface area contributed by atoms with Crippen LogP contribution in [0.4, 0.5) is 0 Å². The summed E-state index contributed by atoms with van der Waals surface area (Å²) in [6.07, 6.45) is 20.0. The van der Waals surface area contributed by atoms with Gasteiger partial charge < -0.3 is 9.47 Å². The van der Waals surface area contributed by atoms with Gasteiger partial charge >= 0.3 is 230 Å². The molecule has 3 aromatic heterocycles. The van der Waals surface area contributed by atoms with Crippen LogP contribution < -0.4 is 34.9 Å². The molecule has 8 rings (SSSR count). The summed E-state index contributed by atoms with van der Waals surface area (Å²) < 4.78 is 23.1. The summed E-state index contributed by atoms with van der Waals surface area (Å²) in [6.45, 7) is 0.